The zero-order valence-corrected chi connectivity index (χ0v) is 11.7. The van der Waals surface area contributed by atoms with E-state index in [0.29, 0.717) is 12.0 Å². The molecule has 114 valence electrons. The summed E-state index contributed by atoms with van der Waals surface area (Å²) in [5.74, 6) is 0.00636. The highest BCUT2D eigenvalue weighted by atomic mass is 19.4. The Bertz CT molecular complexity index is 620. The molecule has 0 fully saturated rings. The van der Waals surface area contributed by atoms with E-state index in [9.17, 15) is 13.2 Å². The fourth-order valence-corrected chi connectivity index (χ4v) is 1.96. The van der Waals surface area contributed by atoms with Crippen LogP contribution in [0.25, 0.3) is 0 Å². The van der Waals surface area contributed by atoms with E-state index in [-0.39, 0.29) is 17.5 Å². The Morgan fingerprint density at radius 3 is 2.62 bits per heavy atom. The topological polar surface area (TPSA) is 53.1 Å². The van der Waals surface area contributed by atoms with Crippen molar-refractivity contribution in [1.82, 2.24) is 9.78 Å². The molecule has 1 aromatic carbocycles. The molecule has 0 bridgehead atoms. The van der Waals surface area contributed by atoms with Gasteiger partial charge in [-0.05, 0) is 31.0 Å². The third-order valence-corrected chi connectivity index (χ3v) is 2.82. The molecule has 0 amide bonds. The van der Waals surface area contributed by atoms with Gasteiger partial charge in [-0.15, -0.1) is 0 Å². The summed E-state index contributed by atoms with van der Waals surface area (Å²) in [6.07, 6.45) is -1.27. The fraction of sp³-hybridized carbons (Fsp3) is 0.357. The molecule has 0 saturated heterocycles. The van der Waals surface area contributed by atoms with Crippen molar-refractivity contribution in [2.75, 3.05) is 0 Å². The quantitative estimate of drug-likeness (QED) is 0.943. The molecule has 21 heavy (non-hydrogen) atoms. The third-order valence-electron chi connectivity index (χ3n) is 2.82. The predicted octanol–water partition coefficient (Wildman–Crippen LogP) is 3.12. The highest BCUT2D eigenvalue weighted by Crippen LogP contribution is 2.38. The molecule has 1 aromatic heterocycles. The van der Waals surface area contributed by atoms with Crippen molar-refractivity contribution in [2.45, 2.75) is 25.6 Å². The molecule has 2 aromatic rings. The molecule has 0 saturated carbocycles. The molecule has 1 unspecified atom stereocenters. The van der Waals surface area contributed by atoms with E-state index in [2.05, 4.69) is 5.10 Å². The van der Waals surface area contributed by atoms with Crippen molar-refractivity contribution in [1.29, 1.82) is 0 Å². The lowest BCUT2D eigenvalue weighted by molar-refractivity contribution is -0.138. The Morgan fingerprint density at radius 1 is 1.38 bits per heavy atom. The number of hydrogen-bond acceptors (Lipinski definition) is 3. The molecular weight excluding hydrogens is 283 g/mol. The molecule has 0 aliphatic rings. The predicted molar refractivity (Wildman–Crippen MR) is 72.1 cm³/mol. The lowest BCUT2D eigenvalue weighted by Gasteiger charge is -2.15. The summed E-state index contributed by atoms with van der Waals surface area (Å²) in [7, 11) is 1.66. The molecule has 4 nitrogen and oxygen atoms in total. The van der Waals surface area contributed by atoms with Crippen LogP contribution in [0.2, 0.25) is 0 Å². The van der Waals surface area contributed by atoms with Crippen LogP contribution in [-0.4, -0.2) is 15.8 Å². The lowest BCUT2D eigenvalue weighted by atomic mass is 10.0. The number of hydrogen-bond donors (Lipinski definition) is 1. The van der Waals surface area contributed by atoms with Crippen LogP contribution in [0.3, 0.4) is 0 Å². The zero-order chi connectivity index (χ0) is 15.6. The number of aromatic nitrogens is 2. The maximum Gasteiger partial charge on any atom is 0.419 e. The van der Waals surface area contributed by atoms with Crippen LogP contribution >= 0.6 is 0 Å². The van der Waals surface area contributed by atoms with Gasteiger partial charge in [-0.25, -0.2) is 0 Å². The molecule has 7 heteroatoms. The van der Waals surface area contributed by atoms with Crippen LogP contribution in [0.5, 0.6) is 11.5 Å². The zero-order valence-electron chi connectivity index (χ0n) is 11.7. The van der Waals surface area contributed by atoms with Gasteiger partial charge in [-0.3, -0.25) is 4.68 Å². The number of ether oxygens (including phenoxy) is 1. The van der Waals surface area contributed by atoms with Crippen LogP contribution in [0.4, 0.5) is 13.2 Å². The van der Waals surface area contributed by atoms with E-state index >= 15 is 0 Å². The highest BCUT2D eigenvalue weighted by molar-refractivity contribution is 5.41. The molecular formula is C14H16F3N3O. The first-order valence-electron chi connectivity index (χ1n) is 6.38. The van der Waals surface area contributed by atoms with Gasteiger partial charge in [0.25, 0.3) is 0 Å². The van der Waals surface area contributed by atoms with Crippen molar-refractivity contribution in [2.24, 2.45) is 12.8 Å². The summed E-state index contributed by atoms with van der Waals surface area (Å²) >= 11 is 0. The first kappa shape index (κ1) is 15.4. The second kappa shape index (κ2) is 5.77. The normalized spacial score (nSPS) is 13.2. The van der Waals surface area contributed by atoms with E-state index in [0.717, 1.165) is 6.07 Å². The van der Waals surface area contributed by atoms with E-state index in [1.807, 2.05) is 0 Å². The molecule has 0 spiro atoms. The molecule has 0 aliphatic heterocycles. The summed E-state index contributed by atoms with van der Waals surface area (Å²) in [6.45, 7) is 1.74. The van der Waals surface area contributed by atoms with E-state index < -0.39 is 11.7 Å². The number of benzene rings is 1. The van der Waals surface area contributed by atoms with Crippen LogP contribution in [0.15, 0.2) is 30.6 Å². The fourth-order valence-electron chi connectivity index (χ4n) is 1.96. The van der Waals surface area contributed by atoms with Gasteiger partial charge < -0.3 is 10.5 Å². The van der Waals surface area contributed by atoms with Gasteiger partial charge in [0.2, 0.25) is 0 Å². The second-order valence-corrected chi connectivity index (χ2v) is 4.96. The summed E-state index contributed by atoms with van der Waals surface area (Å²) in [5, 5.41) is 3.86. The number of nitrogens with two attached hydrogens (primary N) is 1. The van der Waals surface area contributed by atoms with Gasteiger partial charge in [-0.1, -0.05) is 6.07 Å². The minimum atomic E-state index is -4.49. The van der Waals surface area contributed by atoms with Crippen LogP contribution < -0.4 is 10.5 Å². The van der Waals surface area contributed by atoms with Crippen LogP contribution in [0, 0.1) is 0 Å². The number of alkyl halides is 3. The Labute approximate surface area is 120 Å². The average Bonchev–Trinajstić information content (AvgIpc) is 2.75. The van der Waals surface area contributed by atoms with Crippen LogP contribution in [0.1, 0.15) is 18.1 Å². The lowest BCUT2D eigenvalue weighted by Crippen LogP contribution is -2.18. The van der Waals surface area contributed by atoms with E-state index in [4.69, 9.17) is 10.5 Å². The second-order valence-electron chi connectivity index (χ2n) is 4.96. The Hall–Kier alpha value is -2.02. The van der Waals surface area contributed by atoms with E-state index in [1.54, 1.807) is 20.0 Å². The minimum Gasteiger partial charge on any atom is -0.453 e. The van der Waals surface area contributed by atoms with Crippen molar-refractivity contribution in [3.05, 3.63) is 41.7 Å². The Balaban J connectivity index is 2.35. The summed E-state index contributed by atoms with van der Waals surface area (Å²) in [4.78, 5) is 0. The first-order valence-corrected chi connectivity index (χ1v) is 6.38. The first-order chi connectivity index (χ1) is 9.75. The van der Waals surface area contributed by atoms with Crippen LogP contribution in [-0.2, 0) is 19.6 Å². The molecule has 2 rings (SSSR count). The summed E-state index contributed by atoms with van der Waals surface area (Å²) in [5.41, 5.74) is 5.33. The van der Waals surface area contributed by atoms with E-state index in [1.165, 1.54) is 23.1 Å². The van der Waals surface area contributed by atoms with Gasteiger partial charge in [0.05, 0.1) is 18.0 Å². The monoisotopic (exact) mass is 299 g/mol. The highest BCUT2D eigenvalue weighted by Gasteiger charge is 2.35. The molecule has 0 radical (unpaired) electrons. The average molecular weight is 299 g/mol. The smallest absolute Gasteiger partial charge is 0.419 e. The number of halogens is 3. The number of aryl methyl sites for hydroxylation is 1. The largest absolute Gasteiger partial charge is 0.453 e. The van der Waals surface area contributed by atoms with Crippen molar-refractivity contribution in [3.63, 3.8) is 0 Å². The van der Waals surface area contributed by atoms with Gasteiger partial charge >= 0.3 is 6.18 Å². The minimum absolute atomic E-state index is 0.212. The maximum absolute atomic E-state index is 13.1. The van der Waals surface area contributed by atoms with Gasteiger partial charge in [-0.2, -0.15) is 18.3 Å². The SMILES string of the molecule is CC(N)Cc1ccc(Oc2cnn(C)c2)c(C(F)(F)F)c1. The molecule has 1 heterocycles. The van der Waals surface area contributed by atoms with Gasteiger partial charge in [0.1, 0.15) is 5.75 Å². The van der Waals surface area contributed by atoms with Gasteiger partial charge in [0, 0.05) is 13.1 Å². The van der Waals surface area contributed by atoms with Gasteiger partial charge in [0.15, 0.2) is 5.75 Å². The number of rotatable bonds is 4. The molecule has 2 N–H and O–H groups in total. The Morgan fingerprint density at radius 2 is 2.10 bits per heavy atom. The third kappa shape index (κ3) is 3.98. The Kier molecular flexibility index (Phi) is 4.22. The molecule has 1 atom stereocenters. The van der Waals surface area contributed by atoms with Crippen molar-refractivity contribution < 1.29 is 17.9 Å². The standard InChI is InChI=1S/C14H16F3N3O/c1-9(18)5-10-3-4-13(12(6-10)14(15,16)17)21-11-7-19-20(2)8-11/h3-4,6-9H,5,18H2,1-2H3. The summed E-state index contributed by atoms with van der Waals surface area (Å²) < 4.78 is 46.2. The summed E-state index contributed by atoms with van der Waals surface area (Å²) in [6, 6.07) is 3.77. The van der Waals surface area contributed by atoms with Crippen molar-refractivity contribution >= 4 is 0 Å². The molecule has 0 aliphatic carbocycles. The maximum atomic E-state index is 13.1. The number of nitrogens with zero attached hydrogens (tertiary/aromatic N) is 2. The van der Waals surface area contributed by atoms with Crippen molar-refractivity contribution in [3.8, 4) is 11.5 Å².